The molecule has 0 amide bonds. The van der Waals surface area contributed by atoms with E-state index >= 15 is 0 Å². The number of rotatable bonds is 5. The molecule has 0 aromatic heterocycles. The van der Waals surface area contributed by atoms with Crippen LogP contribution in [0.15, 0.2) is 24.3 Å². The van der Waals surface area contributed by atoms with Crippen LogP contribution < -0.4 is 4.74 Å². The summed E-state index contributed by atoms with van der Waals surface area (Å²) in [7, 11) is 0. The van der Waals surface area contributed by atoms with Gasteiger partial charge in [-0.2, -0.15) is 5.26 Å². The molecule has 0 spiro atoms. The summed E-state index contributed by atoms with van der Waals surface area (Å²) in [4.78, 5) is 2.53. The summed E-state index contributed by atoms with van der Waals surface area (Å²) in [6.07, 6.45) is 6.45. The third-order valence-corrected chi connectivity index (χ3v) is 3.58. The van der Waals surface area contributed by atoms with Crippen LogP contribution in [0.1, 0.15) is 37.7 Å². The summed E-state index contributed by atoms with van der Waals surface area (Å²) in [5.74, 6) is 0.709. The van der Waals surface area contributed by atoms with Crippen molar-refractivity contribution in [1.82, 2.24) is 4.90 Å². The summed E-state index contributed by atoms with van der Waals surface area (Å²) in [6.45, 7) is 4.26. The second-order valence-corrected chi connectivity index (χ2v) is 5.07. The molecular weight excluding hydrogens is 236 g/mol. The number of nitrogens with zero attached hydrogens (tertiary/aromatic N) is 2. The van der Waals surface area contributed by atoms with Gasteiger partial charge >= 0.3 is 0 Å². The van der Waals surface area contributed by atoms with Crippen LogP contribution in [-0.4, -0.2) is 31.1 Å². The van der Waals surface area contributed by atoms with E-state index in [2.05, 4.69) is 11.0 Å². The Hall–Kier alpha value is -1.53. The average Bonchev–Trinajstić information content (AvgIpc) is 2.72. The van der Waals surface area contributed by atoms with Crippen LogP contribution in [0, 0.1) is 11.3 Å². The van der Waals surface area contributed by atoms with E-state index in [0.29, 0.717) is 17.9 Å². The van der Waals surface area contributed by atoms with Crippen molar-refractivity contribution in [2.45, 2.75) is 32.1 Å². The SMILES string of the molecule is N#Cc1ccccc1OCCCN1CCCCCC1. The normalized spacial score (nSPS) is 16.6. The summed E-state index contributed by atoms with van der Waals surface area (Å²) in [5, 5.41) is 8.97. The van der Waals surface area contributed by atoms with Crippen molar-refractivity contribution < 1.29 is 4.74 Å². The summed E-state index contributed by atoms with van der Waals surface area (Å²) in [5.41, 5.74) is 0.622. The van der Waals surface area contributed by atoms with Gasteiger partial charge in [0.15, 0.2) is 0 Å². The molecule has 0 atom stereocenters. The van der Waals surface area contributed by atoms with Gasteiger partial charge in [-0.15, -0.1) is 0 Å². The van der Waals surface area contributed by atoms with Crippen molar-refractivity contribution in [2.24, 2.45) is 0 Å². The minimum absolute atomic E-state index is 0.622. The van der Waals surface area contributed by atoms with Crippen LogP contribution >= 0.6 is 0 Å². The first-order chi connectivity index (χ1) is 9.40. The monoisotopic (exact) mass is 258 g/mol. The van der Waals surface area contributed by atoms with E-state index < -0.39 is 0 Å². The molecule has 0 saturated carbocycles. The van der Waals surface area contributed by atoms with E-state index in [4.69, 9.17) is 10.00 Å². The van der Waals surface area contributed by atoms with Gasteiger partial charge in [-0.3, -0.25) is 0 Å². The summed E-state index contributed by atoms with van der Waals surface area (Å²) in [6, 6.07) is 9.59. The molecule has 0 aliphatic carbocycles. The van der Waals surface area contributed by atoms with Crippen LogP contribution in [0.4, 0.5) is 0 Å². The van der Waals surface area contributed by atoms with Gasteiger partial charge < -0.3 is 9.64 Å². The molecule has 2 rings (SSSR count). The van der Waals surface area contributed by atoms with Gasteiger partial charge in [-0.1, -0.05) is 25.0 Å². The largest absolute Gasteiger partial charge is 0.492 e. The van der Waals surface area contributed by atoms with Crippen molar-refractivity contribution in [1.29, 1.82) is 5.26 Å². The highest BCUT2D eigenvalue weighted by Crippen LogP contribution is 2.16. The highest BCUT2D eigenvalue weighted by Gasteiger charge is 2.08. The molecule has 1 heterocycles. The number of likely N-dealkylation sites (tertiary alicyclic amines) is 1. The number of hydrogen-bond donors (Lipinski definition) is 0. The lowest BCUT2D eigenvalue weighted by Crippen LogP contribution is -2.26. The second-order valence-electron chi connectivity index (χ2n) is 5.07. The lowest BCUT2D eigenvalue weighted by molar-refractivity contribution is 0.239. The second kappa shape index (κ2) is 7.81. The molecule has 19 heavy (non-hydrogen) atoms. The first kappa shape index (κ1) is 13.9. The molecule has 1 aromatic rings. The van der Waals surface area contributed by atoms with Crippen LogP contribution in [0.5, 0.6) is 5.75 Å². The fraction of sp³-hybridized carbons (Fsp3) is 0.562. The Morgan fingerprint density at radius 3 is 2.58 bits per heavy atom. The highest BCUT2D eigenvalue weighted by atomic mass is 16.5. The highest BCUT2D eigenvalue weighted by molar-refractivity contribution is 5.42. The lowest BCUT2D eigenvalue weighted by Gasteiger charge is -2.19. The van der Waals surface area contributed by atoms with E-state index in [1.165, 1.54) is 38.8 Å². The van der Waals surface area contributed by atoms with Gasteiger partial charge in [0, 0.05) is 6.54 Å². The molecule has 3 heteroatoms. The first-order valence-corrected chi connectivity index (χ1v) is 7.24. The zero-order valence-corrected chi connectivity index (χ0v) is 11.5. The smallest absolute Gasteiger partial charge is 0.137 e. The molecule has 1 aromatic carbocycles. The Morgan fingerprint density at radius 2 is 1.84 bits per heavy atom. The van der Waals surface area contributed by atoms with E-state index in [-0.39, 0.29) is 0 Å². The molecule has 1 fully saturated rings. The molecule has 0 bridgehead atoms. The molecule has 3 nitrogen and oxygen atoms in total. The number of hydrogen-bond acceptors (Lipinski definition) is 3. The van der Waals surface area contributed by atoms with Crippen LogP contribution in [0.3, 0.4) is 0 Å². The number of ether oxygens (including phenoxy) is 1. The maximum absolute atomic E-state index is 8.97. The van der Waals surface area contributed by atoms with Crippen LogP contribution in [0.2, 0.25) is 0 Å². The number of benzene rings is 1. The Kier molecular flexibility index (Phi) is 5.71. The fourth-order valence-corrected chi connectivity index (χ4v) is 2.51. The minimum Gasteiger partial charge on any atom is -0.492 e. The van der Waals surface area contributed by atoms with Gasteiger partial charge in [0.25, 0.3) is 0 Å². The topological polar surface area (TPSA) is 36.3 Å². The van der Waals surface area contributed by atoms with Gasteiger partial charge in [-0.25, -0.2) is 0 Å². The predicted molar refractivity (Wildman–Crippen MR) is 76.2 cm³/mol. The molecule has 102 valence electrons. The Morgan fingerprint density at radius 1 is 1.11 bits per heavy atom. The van der Waals surface area contributed by atoms with Crippen molar-refractivity contribution >= 4 is 0 Å². The molecule has 0 N–H and O–H groups in total. The van der Waals surface area contributed by atoms with Crippen LogP contribution in [-0.2, 0) is 0 Å². The van der Waals surface area contributed by atoms with Gasteiger partial charge in [0.05, 0.1) is 12.2 Å². The van der Waals surface area contributed by atoms with Gasteiger partial charge in [0.2, 0.25) is 0 Å². The van der Waals surface area contributed by atoms with E-state index in [9.17, 15) is 0 Å². The fourth-order valence-electron chi connectivity index (χ4n) is 2.51. The van der Waals surface area contributed by atoms with E-state index in [0.717, 1.165) is 13.0 Å². The average molecular weight is 258 g/mol. The van der Waals surface area contributed by atoms with Crippen molar-refractivity contribution in [3.8, 4) is 11.8 Å². The molecular formula is C16H22N2O. The zero-order valence-electron chi connectivity index (χ0n) is 11.5. The zero-order chi connectivity index (χ0) is 13.3. The van der Waals surface area contributed by atoms with E-state index in [1.807, 2.05) is 18.2 Å². The molecule has 0 radical (unpaired) electrons. The van der Waals surface area contributed by atoms with Gasteiger partial charge in [-0.05, 0) is 44.5 Å². The molecule has 1 aliphatic heterocycles. The summed E-state index contributed by atoms with van der Waals surface area (Å²) < 4.78 is 5.70. The quantitative estimate of drug-likeness (QED) is 0.761. The van der Waals surface area contributed by atoms with Crippen molar-refractivity contribution in [3.05, 3.63) is 29.8 Å². The third-order valence-electron chi connectivity index (χ3n) is 3.58. The Balaban J connectivity index is 1.70. The number of para-hydroxylation sites is 1. The van der Waals surface area contributed by atoms with Gasteiger partial charge in [0.1, 0.15) is 11.8 Å². The van der Waals surface area contributed by atoms with Crippen molar-refractivity contribution in [2.75, 3.05) is 26.2 Å². The van der Waals surface area contributed by atoms with Crippen LogP contribution in [0.25, 0.3) is 0 Å². The van der Waals surface area contributed by atoms with E-state index in [1.54, 1.807) is 6.07 Å². The third kappa shape index (κ3) is 4.57. The maximum atomic E-state index is 8.97. The molecule has 1 aliphatic rings. The summed E-state index contributed by atoms with van der Waals surface area (Å²) >= 11 is 0. The minimum atomic E-state index is 0.622. The lowest BCUT2D eigenvalue weighted by atomic mass is 10.2. The predicted octanol–water partition coefficient (Wildman–Crippen LogP) is 3.20. The van der Waals surface area contributed by atoms with Crippen molar-refractivity contribution in [3.63, 3.8) is 0 Å². The maximum Gasteiger partial charge on any atom is 0.137 e. The number of nitriles is 1. The molecule has 1 saturated heterocycles. The Bertz CT molecular complexity index is 417. The molecule has 0 unspecified atom stereocenters. The standard InChI is InChI=1S/C16H22N2O/c17-14-15-8-3-4-9-16(15)19-13-7-12-18-10-5-1-2-6-11-18/h3-4,8-9H,1-2,5-7,10-13H2. The first-order valence-electron chi connectivity index (χ1n) is 7.24. The Labute approximate surface area is 115 Å².